The first-order valence-corrected chi connectivity index (χ1v) is 6.85. The number of nitrogens with two attached hydrogens (primary N) is 1. The highest BCUT2D eigenvalue weighted by Gasteiger charge is 2.24. The van der Waals surface area contributed by atoms with E-state index in [1.165, 1.54) is 25.7 Å². The summed E-state index contributed by atoms with van der Waals surface area (Å²) in [4.78, 5) is 11.7. The predicted molar refractivity (Wildman–Crippen MR) is 68.7 cm³/mol. The molecule has 1 fully saturated rings. The third-order valence-electron chi connectivity index (χ3n) is 3.47. The molecule has 0 aromatic carbocycles. The lowest BCUT2D eigenvalue weighted by atomic mass is 9.98. The summed E-state index contributed by atoms with van der Waals surface area (Å²) < 4.78 is 5.21. The molecule has 3 N–H and O–H groups in total. The molecule has 1 rings (SSSR count). The van der Waals surface area contributed by atoms with Crippen LogP contribution in [0.15, 0.2) is 0 Å². The maximum absolute atomic E-state index is 11.7. The number of carbonyl (C=O) groups is 1. The Kier molecular flexibility index (Phi) is 7.21. The molecule has 1 aliphatic rings. The van der Waals surface area contributed by atoms with Crippen molar-refractivity contribution in [2.75, 3.05) is 19.8 Å². The van der Waals surface area contributed by atoms with Gasteiger partial charge in [-0.15, -0.1) is 0 Å². The number of amides is 1. The van der Waals surface area contributed by atoms with Gasteiger partial charge in [-0.2, -0.15) is 0 Å². The van der Waals surface area contributed by atoms with Gasteiger partial charge in [0.05, 0.1) is 0 Å². The highest BCUT2D eigenvalue weighted by Crippen LogP contribution is 2.27. The summed E-state index contributed by atoms with van der Waals surface area (Å²) in [7, 11) is 0. The van der Waals surface area contributed by atoms with Crippen LogP contribution in [0.25, 0.3) is 0 Å². The molecule has 4 heteroatoms. The lowest BCUT2D eigenvalue weighted by Crippen LogP contribution is -2.44. The lowest BCUT2D eigenvalue weighted by Gasteiger charge is -2.23. The first-order chi connectivity index (χ1) is 8.27. The lowest BCUT2D eigenvalue weighted by molar-refractivity contribution is -0.122. The second kappa shape index (κ2) is 8.48. The van der Waals surface area contributed by atoms with E-state index in [4.69, 9.17) is 10.5 Å². The summed E-state index contributed by atoms with van der Waals surface area (Å²) in [5.74, 6) is 0.711. The molecule has 0 spiro atoms. The zero-order valence-electron chi connectivity index (χ0n) is 10.9. The Morgan fingerprint density at radius 1 is 1.47 bits per heavy atom. The van der Waals surface area contributed by atoms with Gasteiger partial charge in [0.1, 0.15) is 0 Å². The molecule has 0 aromatic rings. The minimum absolute atomic E-state index is 0.118. The van der Waals surface area contributed by atoms with Crippen LogP contribution in [0, 0.1) is 5.92 Å². The van der Waals surface area contributed by atoms with E-state index in [0.717, 1.165) is 13.0 Å². The number of hydrogen-bond donors (Lipinski definition) is 2. The van der Waals surface area contributed by atoms with Crippen LogP contribution in [-0.2, 0) is 9.53 Å². The molecular formula is C13H26N2O2. The molecule has 0 radical (unpaired) electrons. The molecule has 0 bridgehead atoms. The van der Waals surface area contributed by atoms with E-state index < -0.39 is 0 Å². The van der Waals surface area contributed by atoms with E-state index in [1.807, 2.05) is 6.92 Å². The summed E-state index contributed by atoms with van der Waals surface area (Å²) in [5.41, 5.74) is 5.74. The molecule has 100 valence electrons. The van der Waals surface area contributed by atoms with Gasteiger partial charge in [-0.05, 0) is 32.1 Å². The van der Waals surface area contributed by atoms with Crippen LogP contribution in [0.4, 0.5) is 0 Å². The van der Waals surface area contributed by atoms with Gasteiger partial charge >= 0.3 is 0 Å². The monoisotopic (exact) mass is 242 g/mol. The van der Waals surface area contributed by atoms with Crippen LogP contribution in [0.3, 0.4) is 0 Å². The highest BCUT2D eigenvalue weighted by atomic mass is 16.5. The topological polar surface area (TPSA) is 64.3 Å². The third-order valence-corrected chi connectivity index (χ3v) is 3.47. The van der Waals surface area contributed by atoms with Crippen molar-refractivity contribution in [3.8, 4) is 0 Å². The fourth-order valence-corrected chi connectivity index (χ4v) is 2.49. The van der Waals surface area contributed by atoms with Gasteiger partial charge in [0.15, 0.2) is 0 Å². The second-order valence-corrected chi connectivity index (χ2v) is 4.75. The molecule has 17 heavy (non-hydrogen) atoms. The molecule has 0 saturated heterocycles. The standard InChI is InChI=1S/C13H26N2O2/c1-2-17-9-5-8-13(16)15-12(10-14)11-6-3-4-7-11/h11-12H,2-10,14H2,1H3,(H,15,16). The summed E-state index contributed by atoms with van der Waals surface area (Å²) in [6.07, 6.45) is 6.32. The molecule has 0 aliphatic heterocycles. The van der Waals surface area contributed by atoms with Crippen molar-refractivity contribution >= 4 is 5.91 Å². The average molecular weight is 242 g/mol. The van der Waals surface area contributed by atoms with Crippen molar-refractivity contribution in [2.24, 2.45) is 11.7 Å². The van der Waals surface area contributed by atoms with E-state index in [-0.39, 0.29) is 11.9 Å². The van der Waals surface area contributed by atoms with Crippen LogP contribution in [0.5, 0.6) is 0 Å². The molecule has 0 heterocycles. The summed E-state index contributed by atoms with van der Waals surface area (Å²) >= 11 is 0. The molecule has 1 amide bonds. The first kappa shape index (κ1) is 14.5. The molecule has 1 saturated carbocycles. The maximum Gasteiger partial charge on any atom is 0.220 e. The Bertz CT molecular complexity index is 215. The Hall–Kier alpha value is -0.610. The van der Waals surface area contributed by atoms with Crippen molar-refractivity contribution in [1.29, 1.82) is 0 Å². The largest absolute Gasteiger partial charge is 0.382 e. The fourth-order valence-electron chi connectivity index (χ4n) is 2.49. The van der Waals surface area contributed by atoms with Crippen molar-refractivity contribution < 1.29 is 9.53 Å². The van der Waals surface area contributed by atoms with E-state index in [1.54, 1.807) is 0 Å². The van der Waals surface area contributed by atoms with Crippen LogP contribution in [0.1, 0.15) is 45.4 Å². The van der Waals surface area contributed by atoms with Crippen molar-refractivity contribution in [2.45, 2.75) is 51.5 Å². The normalized spacial score (nSPS) is 18.2. The van der Waals surface area contributed by atoms with Gasteiger partial charge < -0.3 is 15.8 Å². The predicted octanol–water partition coefficient (Wildman–Crippen LogP) is 1.44. The van der Waals surface area contributed by atoms with E-state index in [0.29, 0.717) is 25.5 Å². The maximum atomic E-state index is 11.7. The van der Waals surface area contributed by atoms with Gasteiger partial charge in [0, 0.05) is 32.2 Å². The quantitative estimate of drug-likeness (QED) is 0.633. The van der Waals surface area contributed by atoms with Gasteiger partial charge in [-0.1, -0.05) is 12.8 Å². The number of rotatable bonds is 8. The van der Waals surface area contributed by atoms with E-state index in [2.05, 4.69) is 5.32 Å². The average Bonchev–Trinajstić information content (AvgIpc) is 2.85. The summed E-state index contributed by atoms with van der Waals surface area (Å²) in [6, 6.07) is 0.178. The number of hydrogen-bond acceptors (Lipinski definition) is 3. The Labute approximate surface area is 104 Å². The second-order valence-electron chi connectivity index (χ2n) is 4.75. The third kappa shape index (κ3) is 5.50. The van der Waals surface area contributed by atoms with Crippen LogP contribution >= 0.6 is 0 Å². The van der Waals surface area contributed by atoms with E-state index >= 15 is 0 Å². The van der Waals surface area contributed by atoms with Crippen LogP contribution < -0.4 is 11.1 Å². The van der Waals surface area contributed by atoms with Crippen molar-refractivity contribution in [3.63, 3.8) is 0 Å². The van der Waals surface area contributed by atoms with E-state index in [9.17, 15) is 4.79 Å². The molecular weight excluding hydrogens is 216 g/mol. The van der Waals surface area contributed by atoms with Crippen molar-refractivity contribution in [1.82, 2.24) is 5.32 Å². The van der Waals surface area contributed by atoms with Crippen LogP contribution in [-0.4, -0.2) is 31.7 Å². The first-order valence-electron chi connectivity index (χ1n) is 6.85. The highest BCUT2D eigenvalue weighted by molar-refractivity contribution is 5.76. The number of nitrogens with one attached hydrogen (secondary N) is 1. The Balaban J connectivity index is 2.18. The van der Waals surface area contributed by atoms with Gasteiger partial charge in [-0.3, -0.25) is 4.79 Å². The molecule has 1 unspecified atom stereocenters. The Morgan fingerprint density at radius 2 is 2.18 bits per heavy atom. The smallest absolute Gasteiger partial charge is 0.220 e. The zero-order valence-corrected chi connectivity index (χ0v) is 10.9. The van der Waals surface area contributed by atoms with Crippen LogP contribution in [0.2, 0.25) is 0 Å². The number of carbonyl (C=O) groups excluding carboxylic acids is 1. The van der Waals surface area contributed by atoms with Gasteiger partial charge in [0.2, 0.25) is 5.91 Å². The number of ether oxygens (including phenoxy) is 1. The minimum atomic E-state index is 0.118. The van der Waals surface area contributed by atoms with Gasteiger partial charge in [0.25, 0.3) is 0 Å². The molecule has 0 aromatic heterocycles. The van der Waals surface area contributed by atoms with Crippen molar-refractivity contribution in [3.05, 3.63) is 0 Å². The molecule has 1 atom stereocenters. The minimum Gasteiger partial charge on any atom is -0.382 e. The van der Waals surface area contributed by atoms with Gasteiger partial charge in [-0.25, -0.2) is 0 Å². The fraction of sp³-hybridized carbons (Fsp3) is 0.923. The summed E-state index contributed by atoms with van der Waals surface area (Å²) in [5, 5.41) is 3.07. The zero-order chi connectivity index (χ0) is 12.5. The summed E-state index contributed by atoms with van der Waals surface area (Å²) in [6.45, 7) is 3.91. The molecule has 1 aliphatic carbocycles. The Morgan fingerprint density at radius 3 is 2.76 bits per heavy atom. The SMILES string of the molecule is CCOCCCC(=O)NC(CN)C1CCCC1. The molecule has 4 nitrogen and oxygen atoms in total.